The molecule has 0 amide bonds. The lowest BCUT2D eigenvalue weighted by atomic mass is 9.77. The molecule has 126 valence electrons. The minimum Gasteiger partial charge on any atom is -0.491 e. The van der Waals surface area contributed by atoms with Gasteiger partial charge in [0.25, 0.3) is 0 Å². The van der Waals surface area contributed by atoms with E-state index in [1.807, 2.05) is 24.3 Å². The molecule has 3 aromatic rings. The van der Waals surface area contributed by atoms with Crippen molar-refractivity contribution in [3.05, 3.63) is 68.0 Å². The van der Waals surface area contributed by atoms with E-state index in [2.05, 4.69) is 0 Å². The van der Waals surface area contributed by atoms with Crippen LogP contribution >= 0.6 is 23.2 Å². The number of hydrogen-bond acceptors (Lipinski definition) is 4. The van der Waals surface area contributed by atoms with E-state index in [1.165, 1.54) is 0 Å². The van der Waals surface area contributed by atoms with Crippen LogP contribution in [0.2, 0.25) is 10.0 Å². The van der Waals surface area contributed by atoms with Crippen LogP contribution in [0, 0.1) is 0 Å². The van der Waals surface area contributed by atoms with E-state index < -0.39 is 5.63 Å². The second-order valence-corrected chi connectivity index (χ2v) is 7.11. The molecule has 0 fully saturated rings. The van der Waals surface area contributed by atoms with Crippen molar-refractivity contribution in [2.75, 3.05) is 13.2 Å². The number of rotatable bonds is 0. The zero-order valence-electron chi connectivity index (χ0n) is 12.9. The van der Waals surface area contributed by atoms with Crippen LogP contribution in [0.5, 0.6) is 11.5 Å². The summed E-state index contributed by atoms with van der Waals surface area (Å²) in [6, 6.07) is 11.0. The molecule has 2 aromatic carbocycles. The third-order valence-electron chi connectivity index (χ3n) is 4.92. The molecule has 2 aliphatic heterocycles. The normalized spacial score (nSPS) is 20.9. The Hall–Kier alpha value is -2.17. The monoisotopic (exact) mass is 374 g/mol. The first-order valence-corrected chi connectivity index (χ1v) is 8.69. The molecular formula is C19H12Cl2O4. The van der Waals surface area contributed by atoms with Crippen LogP contribution in [0.1, 0.15) is 23.0 Å². The van der Waals surface area contributed by atoms with Gasteiger partial charge in [0.1, 0.15) is 11.3 Å². The van der Waals surface area contributed by atoms with Crippen molar-refractivity contribution in [1.82, 2.24) is 0 Å². The largest absolute Gasteiger partial charge is 0.491 e. The zero-order chi connectivity index (χ0) is 17.1. The molecule has 2 aliphatic rings. The van der Waals surface area contributed by atoms with Crippen molar-refractivity contribution in [3.63, 3.8) is 0 Å². The van der Waals surface area contributed by atoms with E-state index in [9.17, 15) is 4.79 Å². The Morgan fingerprint density at radius 3 is 2.60 bits per heavy atom. The van der Waals surface area contributed by atoms with Crippen molar-refractivity contribution < 1.29 is 13.9 Å². The summed E-state index contributed by atoms with van der Waals surface area (Å²) in [5.41, 5.74) is 1.84. The smallest absolute Gasteiger partial charge is 0.379 e. The summed E-state index contributed by atoms with van der Waals surface area (Å²) in [5.74, 6) is 0.907. The number of ether oxygens (including phenoxy) is 2. The Morgan fingerprint density at radius 1 is 0.960 bits per heavy atom. The maximum atomic E-state index is 12.3. The average Bonchev–Trinajstić information content (AvgIpc) is 2.61. The second kappa shape index (κ2) is 5.41. The van der Waals surface area contributed by atoms with Gasteiger partial charge in [0.15, 0.2) is 0 Å². The molecule has 0 unspecified atom stereocenters. The third-order valence-corrected chi connectivity index (χ3v) is 5.42. The fourth-order valence-corrected chi connectivity index (χ4v) is 4.40. The lowest BCUT2D eigenvalue weighted by Gasteiger charge is -2.38. The molecule has 1 aromatic heterocycles. The molecule has 0 saturated heterocycles. The van der Waals surface area contributed by atoms with Gasteiger partial charge in [-0.25, -0.2) is 4.79 Å². The van der Waals surface area contributed by atoms with Crippen LogP contribution in [0.15, 0.2) is 45.6 Å². The lowest BCUT2D eigenvalue weighted by molar-refractivity contribution is 0.165. The SMILES string of the molecule is O=c1oc2ccccc2c2c1OC[C@H]1c3cc(Cl)cc(Cl)c3OC[C@@H]21. The van der Waals surface area contributed by atoms with E-state index in [-0.39, 0.29) is 17.6 Å². The molecule has 0 bridgehead atoms. The first kappa shape index (κ1) is 15.1. The molecule has 6 heteroatoms. The summed E-state index contributed by atoms with van der Waals surface area (Å²) >= 11 is 12.5. The van der Waals surface area contributed by atoms with Gasteiger partial charge in [-0.1, -0.05) is 41.4 Å². The summed E-state index contributed by atoms with van der Waals surface area (Å²) in [6.07, 6.45) is 0. The summed E-state index contributed by atoms with van der Waals surface area (Å²) < 4.78 is 17.1. The van der Waals surface area contributed by atoms with Gasteiger partial charge in [-0.15, -0.1) is 0 Å². The Balaban J connectivity index is 1.76. The van der Waals surface area contributed by atoms with E-state index in [0.717, 1.165) is 16.5 Å². The highest BCUT2D eigenvalue weighted by atomic mass is 35.5. The van der Waals surface area contributed by atoms with Crippen LogP contribution < -0.4 is 15.1 Å². The summed E-state index contributed by atoms with van der Waals surface area (Å²) in [6.45, 7) is 0.774. The van der Waals surface area contributed by atoms with Gasteiger partial charge in [-0.05, 0) is 18.2 Å². The van der Waals surface area contributed by atoms with Crippen LogP contribution in [0.25, 0.3) is 11.0 Å². The van der Waals surface area contributed by atoms with E-state index >= 15 is 0 Å². The molecule has 0 spiro atoms. The summed E-state index contributed by atoms with van der Waals surface area (Å²) in [4.78, 5) is 12.3. The molecule has 5 rings (SSSR count). The van der Waals surface area contributed by atoms with E-state index in [0.29, 0.717) is 34.6 Å². The molecule has 0 N–H and O–H groups in total. The summed E-state index contributed by atoms with van der Waals surface area (Å²) in [7, 11) is 0. The van der Waals surface area contributed by atoms with Crippen molar-refractivity contribution in [2.45, 2.75) is 11.8 Å². The third kappa shape index (κ3) is 2.17. The molecule has 0 saturated carbocycles. The van der Waals surface area contributed by atoms with Crippen LogP contribution in [-0.2, 0) is 0 Å². The van der Waals surface area contributed by atoms with Crippen molar-refractivity contribution >= 4 is 34.2 Å². The maximum absolute atomic E-state index is 12.3. The van der Waals surface area contributed by atoms with Crippen molar-refractivity contribution in [2.24, 2.45) is 0 Å². The van der Waals surface area contributed by atoms with Crippen molar-refractivity contribution in [1.29, 1.82) is 0 Å². The molecule has 0 radical (unpaired) electrons. The second-order valence-electron chi connectivity index (χ2n) is 6.27. The predicted octanol–water partition coefficient (Wildman–Crippen LogP) is 4.75. The fraction of sp³-hybridized carbons (Fsp3) is 0.211. The topological polar surface area (TPSA) is 48.7 Å². The molecule has 4 nitrogen and oxygen atoms in total. The van der Waals surface area contributed by atoms with Crippen LogP contribution in [0.4, 0.5) is 0 Å². The van der Waals surface area contributed by atoms with Gasteiger partial charge in [0.2, 0.25) is 5.75 Å². The average molecular weight is 375 g/mol. The van der Waals surface area contributed by atoms with Gasteiger partial charge in [-0.2, -0.15) is 0 Å². The Morgan fingerprint density at radius 2 is 1.72 bits per heavy atom. The van der Waals surface area contributed by atoms with Gasteiger partial charge < -0.3 is 13.9 Å². The molecule has 0 aliphatic carbocycles. The van der Waals surface area contributed by atoms with Crippen molar-refractivity contribution in [3.8, 4) is 11.5 Å². The highest BCUT2D eigenvalue weighted by Gasteiger charge is 2.41. The van der Waals surface area contributed by atoms with Gasteiger partial charge in [0.05, 0.1) is 18.2 Å². The van der Waals surface area contributed by atoms with Crippen LogP contribution in [0.3, 0.4) is 0 Å². The molecule has 3 heterocycles. The highest BCUT2D eigenvalue weighted by molar-refractivity contribution is 6.35. The Labute approximate surface area is 152 Å². The molecular weight excluding hydrogens is 363 g/mol. The van der Waals surface area contributed by atoms with E-state index in [1.54, 1.807) is 12.1 Å². The summed E-state index contributed by atoms with van der Waals surface area (Å²) in [5, 5.41) is 1.91. The quantitative estimate of drug-likeness (QED) is 0.532. The fourth-order valence-electron chi connectivity index (χ4n) is 3.84. The number of fused-ring (bicyclic) bond motifs is 7. The van der Waals surface area contributed by atoms with Crippen LogP contribution in [-0.4, -0.2) is 13.2 Å². The maximum Gasteiger partial charge on any atom is 0.379 e. The predicted molar refractivity (Wildman–Crippen MR) is 95.4 cm³/mol. The first-order chi connectivity index (χ1) is 12.1. The van der Waals surface area contributed by atoms with Gasteiger partial charge in [-0.3, -0.25) is 0 Å². The number of para-hydroxylation sites is 1. The molecule has 25 heavy (non-hydrogen) atoms. The van der Waals surface area contributed by atoms with E-state index in [4.69, 9.17) is 37.1 Å². The standard InChI is InChI=1S/C19H12Cl2O4/c20-9-5-11-12-7-24-18-16(13(12)8-23-17(11)14(21)6-9)10-3-1-2-4-15(10)25-19(18)22/h1-6,12-13H,7-8H2/t12-,13+/m0/s1. The minimum absolute atomic E-state index is 0.0117. The Bertz CT molecular complexity index is 1070. The number of halogens is 2. The number of hydrogen-bond donors (Lipinski definition) is 0. The first-order valence-electron chi connectivity index (χ1n) is 7.94. The Kier molecular flexibility index (Phi) is 3.27. The van der Waals surface area contributed by atoms with Gasteiger partial charge in [0, 0.05) is 33.4 Å². The number of benzene rings is 2. The molecule has 2 atom stereocenters. The highest BCUT2D eigenvalue weighted by Crippen LogP contribution is 2.51. The lowest BCUT2D eigenvalue weighted by Crippen LogP contribution is -2.34. The minimum atomic E-state index is -0.456. The zero-order valence-corrected chi connectivity index (χ0v) is 14.4. The van der Waals surface area contributed by atoms with Gasteiger partial charge >= 0.3 is 5.63 Å².